The van der Waals surface area contributed by atoms with Crippen LogP contribution in [0.2, 0.25) is 0 Å². The van der Waals surface area contributed by atoms with Gasteiger partial charge in [-0.2, -0.15) is 0 Å². The van der Waals surface area contributed by atoms with Gasteiger partial charge >= 0.3 is 0 Å². The van der Waals surface area contributed by atoms with E-state index in [-0.39, 0.29) is 12.4 Å². The monoisotopic (exact) mass is 659 g/mol. The van der Waals surface area contributed by atoms with Gasteiger partial charge in [0.05, 0.1) is 19.9 Å². The summed E-state index contributed by atoms with van der Waals surface area (Å²) < 4.78 is 17.6. The molecule has 1 N–H and O–H groups in total. The number of nitrogens with one attached hydrogen (secondary N) is 1. The quantitative estimate of drug-likeness (QED) is 0.112. The predicted octanol–water partition coefficient (Wildman–Crippen LogP) is 8.29. The van der Waals surface area contributed by atoms with E-state index in [1.165, 1.54) is 0 Å². The molecule has 7 rings (SSSR count). The van der Waals surface area contributed by atoms with Crippen LogP contribution >= 0.6 is 12.4 Å². The highest BCUT2D eigenvalue weighted by molar-refractivity contribution is 6.30. The van der Waals surface area contributed by atoms with Gasteiger partial charge < -0.3 is 28.9 Å². The molecule has 0 aliphatic heterocycles. The Kier molecular flexibility index (Phi) is 9.44. The van der Waals surface area contributed by atoms with Crippen LogP contribution in [0.1, 0.15) is 27.8 Å². The maximum absolute atomic E-state index is 7.02. The van der Waals surface area contributed by atoms with Crippen LogP contribution in [0.15, 0.2) is 126 Å². The zero-order chi connectivity index (χ0) is 32.4. The average Bonchev–Trinajstić information content (AvgIpc) is 3.63. The summed E-state index contributed by atoms with van der Waals surface area (Å²) >= 11 is 0. The van der Waals surface area contributed by atoms with Crippen LogP contribution in [0.3, 0.4) is 0 Å². The maximum atomic E-state index is 7.02. The fourth-order valence-corrected chi connectivity index (χ4v) is 6.36. The van der Waals surface area contributed by atoms with E-state index in [0.717, 1.165) is 62.3 Å². The van der Waals surface area contributed by atoms with Gasteiger partial charge in [0, 0.05) is 50.8 Å². The second-order valence-electron chi connectivity index (χ2n) is 11.8. The normalized spacial score (nSPS) is 12.8. The van der Waals surface area contributed by atoms with Crippen LogP contribution in [-0.2, 0) is 10.4 Å². The average molecular weight is 660 g/mol. The molecule has 5 aromatic carbocycles. The summed E-state index contributed by atoms with van der Waals surface area (Å²) in [7, 11) is 7.36. The first-order valence-corrected chi connectivity index (χ1v) is 15.7. The van der Waals surface area contributed by atoms with Crippen LogP contribution in [0, 0.1) is 0 Å². The summed E-state index contributed by atoms with van der Waals surface area (Å²) in [6, 6.07) is 40.9. The lowest BCUT2D eigenvalue weighted by Gasteiger charge is -2.33. The van der Waals surface area contributed by atoms with Crippen molar-refractivity contribution in [2.75, 3.05) is 41.5 Å². The fraction of sp³-hybridized carbons (Fsp3) is 0.175. The minimum atomic E-state index is -1.04. The first kappa shape index (κ1) is 32.7. The van der Waals surface area contributed by atoms with E-state index in [2.05, 4.69) is 58.4 Å². The third kappa shape index (κ3) is 5.76. The number of benzene rings is 5. The number of ether oxygens (including phenoxy) is 3. The molecule has 244 valence electrons. The van der Waals surface area contributed by atoms with Crippen molar-refractivity contribution < 1.29 is 19.0 Å². The van der Waals surface area contributed by atoms with Gasteiger partial charge in [-0.1, -0.05) is 96.2 Å². The number of methoxy groups -OCH3 is 2. The van der Waals surface area contributed by atoms with Crippen LogP contribution < -0.4 is 14.2 Å². The molecule has 1 aliphatic carbocycles. The van der Waals surface area contributed by atoms with Crippen molar-refractivity contribution in [2.24, 2.45) is 5.16 Å². The van der Waals surface area contributed by atoms with Crippen molar-refractivity contribution >= 4 is 29.0 Å². The molecule has 0 unspecified atom stereocenters. The molecular formula is C40H38ClN3O4. The van der Waals surface area contributed by atoms with E-state index < -0.39 is 5.60 Å². The standard InChI is InChI=1S/C40H37N3O4.ClH/c1-43(2)22-23-46-30-20-21-34-33(24-30)37-38(41-34)31-25-35(44-3)36(45-4)26-32(31)39(37)42-47-40(27-14-8-5-9-15-27,28-16-10-6-11-17-28)29-18-12-7-13-19-29;/h5-21,24-26,41H,22-23H2,1-4H3;1H/b42-39-;. The topological polar surface area (TPSA) is 68.3 Å². The first-order valence-electron chi connectivity index (χ1n) is 15.7. The summed E-state index contributed by atoms with van der Waals surface area (Å²) in [5, 5.41) is 6.12. The Hall–Kier alpha value is -5.24. The predicted molar refractivity (Wildman–Crippen MR) is 194 cm³/mol. The molecule has 0 saturated carbocycles. The van der Waals surface area contributed by atoms with Crippen molar-refractivity contribution in [1.29, 1.82) is 0 Å². The molecule has 7 nitrogen and oxygen atoms in total. The number of hydrogen-bond donors (Lipinski definition) is 1. The molecule has 1 aliphatic rings. The SMILES string of the molecule is COc1cc2c(cc1OC)-c1[nH]c3ccc(OCCN(C)C)cc3c1/C2=N\OC(c1ccccc1)(c1ccccc1)c1ccccc1.Cl. The molecule has 0 fully saturated rings. The molecule has 0 spiro atoms. The second kappa shape index (κ2) is 13.9. The number of fused-ring (bicyclic) bond motifs is 5. The summed E-state index contributed by atoms with van der Waals surface area (Å²) in [6.45, 7) is 1.40. The third-order valence-corrected chi connectivity index (χ3v) is 8.68. The Bertz CT molecular complexity index is 1950. The molecule has 0 bridgehead atoms. The first-order chi connectivity index (χ1) is 23.0. The van der Waals surface area contributed by atoms with Crippen molar-refractivity contribution in [3.63, 3.8) is 0 Å². The van der Waals surface area contributed by atoms with E-state index in [1.807, 2.05) is 86.9 Å². The van der Waals surface area contributed by atoms with Gasteiger partial charge in [-0.3, -0.25) is 0 Å². The van der Waals surface area contributed by atoms with Gasteiger partial charge in [-0.15, -0.1) is 12.4 Å². The highest BCUT2D eigenvalue weighted by atomic mass is 35.5. The molecule has 48 heavy (non-hydrogen) atoms. The Morgan fingerprint density at radius 3 is 1.75 bits per heavy atom. The zero-order valence-electron chi connectivity index (χ0n) is 27.4. The van der Waals surface area contributed by atoms with Crippen molar-refractivity contribution in [3.05, 3.63) is 149 Å². The number of likely N-dealkylation sites (N-methyl/N-ethyl adjacent to an activating group) is 1. The Morgan fingerprint density at radius 2 is 1.23 bits per heavy atom. The number of H-pyrrole nitrogens is 1. The third-order valence-electron chi connectivity index (χ3n) is 8.68. The summed E-state index contributed by atoms with van der Waals surface area (Å²) in [5.41, 5.74) is 7.23. The van der Waals surface area contributed by atoms with E-state index in [1.54, 1.807) is 14.2 Å². The van der Waals surface area contributed by atoms with Gasteiger partial charge in [0.1, 0.15) is 18.1 Å². The largest absolute Gasteiger partial charge is 0.493 e. The second-order valence-corrected chi connectivity index (χ2v) is 11.8. The lowest BCUT2D eigenvalue weighted by Crippen LogP contribution is -2.31. The lowest BCUT2D eigenvalue weighted by molar-refractivity contribution is 0.0175. The summed E-state index contributed by atoms with van der Waals surface area (Å²) in [4.78, 5) is 12.8. The fourth-order valence-electron chi connectivity index (χ4n) is 6.36. The van der Waals surface area contributed by atoms with E-state index in [9.17, 15) is 0 Å². The Morgan fingerprint density at radius 1 is 0.688 bits per heavy atom. The van der Waals surface area contributed by atoms with E-state index >= 15 is 0 Å². The number of oxime groups is 1. The number of nitrogens with zero attached hydrogens (tertiary/aromatic N) is 2. The Labute approximate surface area is 287 Å². The lowest BCUT2D eigenvalue weighted by atomic mass is 9.80. The number of halogens is 1. The molecule has 0 radical (unpaired) electrons. The van der Waals surface area contributed by atoms with Crippen molar-refractivity contribution in [2.45, 2.75) is 5.60 Å². The van der Waals surface area contributed by atoms with Crippen LogP contribution in [-0.4, -0.2) is 57.1 Å². The summed E-state index contributed by atoms with van der Waals surface area (Å²) in [6.07, 6.45) is 0. The molecule has 8 heteroatoms. The minimum absolute atomic E-state index is 0. The molecule has 0 saturated heterocycles. The van der Waals surface area contributed by atoms with Gasteiger partial charge in [-0.05, 0) is 44.4 Å². The Balaban J connectivity index is 0.00000401. The zero-order valence-corrected chi connectivity index (χ0v) is 28.2. The highest BCUT2D eigenvalue weighted by Crippen LogP contribution is 2.47. The number of hydrogen-bond acceptors (Lipinski definition) is 6. The molecule has 6 aromatic rings. The van der Waals surface area contributed by atoms with E-state index in [4.69, 9.17) is 24.2 Å². The molecule has 0 atom stereocenters. The minimum Gasteiger partial charge on any atom is -0.493 e. The van der Waals surface area contributed by atoms with E-state index in [0.29, 0.717) is 23.8 Å². The van der Waals surface area contributed by atoms with Gasteiger partial charge in [0.25, 0.3) is 0 Å². The van der Waals surface area contributed by atoms with Crippen LogP contribution in [0.5, 0.6) is 17.2 Å². The van der Waals surface area contributed by atoms with Crippen molar-refractivity contribution in [1.82, 2.24) is 9.88 Å². The highest BCUT2D eigenvalue weighted by Gasteiger charge is 2.41. The van der Waals surface area contributed by atoms with Gasteiger partial charge in [0.2, 0.25) is 5.60 Å². The van der Waals surface area contributed by atoms with Crippen molar-refractivity contribution in [3.8, 4) is 28.5 Å². The number of aromatic nitrogens is 1. The molecule has 1 aromatic heterocycles. The maximum Gasteiger partial charge on any atom is 0.212 e. The number of rotatable bonds is 11. The van der Waals surface area contributed by atoms with Gasteiger partial charge in [0.15, 0.2) is 11.5 Å². The number of aromatic amines is 1. The molecule has 0 amide bonds. The van der Waals surface area contributed by atoms with Crippen LogP contribution in [0.25, 0.3) is 22.2 Å². The summed E-state index contributed by atoms with van der Waals surface area (Å²) in [5.74, 6) is 2.04. The van der Waals surface area contributed by atoms with Gasteiger partial charge in [-0.25, -0.2) is 0 Å². The van der Waals surface area contributed by atoms with Crippen LogP contribution in [0.4, 0.5) is 0 Å². The smallest absolute Gasteiger partial charge is 0.212 e. The molecule has 1 heterocycles. The molecular weight excluding hydrogens is 622 g/mol.